The minimum Gasteiger partial charge on any atom is -0.306 e. The van der Waals surface area contributed by atoms with Crippen LogP contribution in [0.2, 0.25) is 0 Å². The van der Waals surface area contributed by atoms with Crippen LogP contribution in [0.5, 0.6) is 0 Å². The molecule has 0 aliphatic heterocycles. The molecule has 0 saturated heterocycles. The van der Waals surface area contributed by atoms with Gasteiger partial charge in [0.25, 0.3) is 0 Å². The van der Waals surface area contributed by atoms with Crippen molar-refractivity contribution in [3.8, 4) is 0 Å². The van der Waals surface area contributed by atoms with Gasteiger partial charge in [0.1, 0.15) is 5.69 Å². The molecule has 17 heavy (non-hydrogen) atoms. The molecule has 1 amide bonds. The van der Waals surface area contributed by atoms with Crippen LogP contribution in [0.4, 0.5) is 5.82 Å². The van der Waals surface area contributed by atoms with Gasteiger partial charge in [-0.2, -0.15) is 0 Å². The Hall–Kier alpha value is -1.21. The van der Waals surface area contributed by atoms with Gasteiger partial charge in [0.05, 0.1) is 9.70 Å². The van der Waals surface area contributed by atoms with Gasteiger partial charge in [-0.25, -0.2) is 4.63 Å². The average molecular weight is 316 g/mol. The van der Waals surface area contributed by atoms with Crippen LogP contribution in [0.3, 0.4) is 0 Å². The summed E-state index contributed by atoms with van der Waals surface area (Å²) in [5.41, 5.74) is 0.568. The molecule has 1 N–H and O–H groups in total. The molecule has 90 valence electrons. The third-order valence-corrected chi connectivity index (χ3v) is 4.11. The standard InChI is InChI=1S/C10H10BrN3O2S/c1-5(7-3-4-8(11)17-7)10(15)12-9-6(2)13-16-14-9/h3-5H,1-2H3,(H,12,14,15)/t5-/m1/s1. The van der Waals surface area contributed by atoms with Crippen molar-refractivity contribution in [1.29, 1.82) is 0 Å². The Morgan fingerprint density at radius 2 is 2.29 bits per heavy atom. The molecule has 1 atom stereocenters. The third-order valence-electron chi connectivity index (χ3n) is 2.31. The van der Waals surface area contributed by atoms with Crippen molar-refractivity contribution in [3.05, 3.63) is 26.5 Å². The summed E-state index contributed by atoms with van der Waals surface area (Å²) in [5.74, 6) is 0.0121. The Kier molecular flexibility index (Phi) is 3.58. The normalized spacial score (nSPS) is 12.4. The average Bonchev–Trinajstić information content (AvgIpc) is 2.88. The first-order chi connectivity index (χ1) is 8.08. The van der Waals surface area contributed by atoms with Crippen molar-refractivity contribution < 1.29 is 9.42 Å². The molecular formula is C10H10BrN3O2S. The number of nitrogens with one attached hydrogen (secondary N) is 1. The number of anilines is 1. The van der Waals surface area contributed by atoms with Crippen LogP contribution in [0.15, 0.2) is 20.5 Å². The van der Waals surface area contributed by atoms with Crippen LogP contribution >= 0.6 is 27.3 Å². The second-order valence-electron chi connectivity index (χ2n) is 3.55. The lowest BCUT2D eigenvalue weighted by molar-refractivity contribution is -0.117. The molecule has 0 fully saturated rings. The Labute approximate surface area is 110 Å². The number of halogens is 1. The summed E-state index contributed by atoms with van der Waals surface area (Å²) in [5, 5.41) is 9.90. The molecule has 0 aliphatic carbocycles. The summed E-state index contributed by atoms with van der Waals surface area (Å²) in [6.07, 6.45) is 0. The highest BCUT2D eigenvalue weighted by Gasteiger charge is 2.19. The zero-order valence-electron chi connectivity index (χ0n) is 9.23. The number of hydrogen-bond acceptors (Lipinski definition) is 5. The number of aryl methyl sites for hydroxylation is 1. The summed E-state index contributed by atoms with van der Waals surface area (Å²) < 4.78 is 5.52. The first kappa shape index (κ1) is 12.3. The SMILES string of the molecule is Cc1nonc1NC(=O)[C@H](C)c1ccc(Br)s1. The number of carbonyl (C=O) groups is 1. The molecule has 0 radical (unpaired) electrons. The Bertz CT molecular complexity index is 537. The maximum atomic E-state index is 11.9. The predicted molar refractivity (Wildman–Crippen MR) is 68.1 cm³/mol. The fraction of sp³-hybridized carbons (Fsp3) is 0.300. The maximum absolute atomic E-state index is 11.9. The highest BCUT2D eigenvalue weighted by Crippen LogP contribution is 2.29. The van der Waals surface area contributed by atoms with Crippen LogP contribution in [0, 0.1) is 6.92 Å². The number of hydrogen-bond donors (Lipinski definition) is 1. The highest BCUT2D eigenvalue weighted by atomic mass is 79.9. The quantitative estimate of drug-likeness (QED) is 0.945. The number of nitrogens with zero attached hydrogens (tertiary/aromatic N) is 2. The Morgan fingerprint density at radius 3 is 2.82 bits per heavy atom. The lowest BCUT2D eigenvalue weighted by atomic mass is 10.1. The van der Waals surface area contributed by atoms with Gasteiger partial charge >= 0.3 is 0 Å². The number of amides is 1. The predicted octanol–water partition coefficient (Wildman–Crippen LogP) is 2.94. The van der Waals surface area contributed by atoms with Gasteiger partial charge in [0, 0.05) is 4.88 Å². The molecule has 2 aromatic heterocycles. The highest BCUT2D eigenvalue weighted by molar-refractivity contribution is 9.11. The van der Waals surface area contributed by atoms with E-state index in [0.29, 0.717) is 11.5 Å². The Balaban J connectivity index is 2.08. The van der Waals surface area contributed by atoms with Crippen molar-refractivity contribution in [2.24, 2.45) is 0 Å². The van der Waals surface area contributed by atoms with E-state index in [4.69, 9.17) is 0 Å². The zero-order valence-corrected chi connectivity index (χ0v) is 11.6. The molecule has 0 unspecified atom stereocenters. The monoisotopic (exact) mass is 315 g/mol. The van der Waals surface area contributed by atoms with Crippen LogP contribution in [0.25, 0.3) is 0 Å². The first-order valence-corrected chi connectivity index (χ1v) is 6.54. The topological polar surface area (TPSA) is 68.0 Å². The van der Waals surface area contributed by atoms with Gasteiger partial charge in [0.15, 0.2) is 5.82 Å². The summed E-state index contributed by atoms with van der Waals surface area (Å²) >= 11 is 4.91. The van der Waals surface area contributed by atoms with Crippen LogP contribution < -0.4 is 5.32 Å². The molecule has 2 aromatic rings. The second-order valence-corrected chi connectivity index (χ2v) is 6.05. The summed E-state index contributed by atoms with van der Waals surface area (Å²) in [4.78, 5) is 12.9. The van der Waals surface area contributed by atoms with Crippen LogP contribution in [0.1, 0.15) is 23.4 Å². The molecule has 2 heterocycles. The zero-order chi connectivity index (χ0) is 12.4. The van der Waals surface area contributed by atoms with Crippen molar-refractivity contribution in [1.82, 2.24) is 10.3 Å². The molecule has 0 bridgehead atoms. The number of rotatable bonds is 3. The maximum Gasteiger partial charge on any atom is 0.233 e. The van der Waals surface area contributed by atoms with Gasteiger partial charge in [0.2, 0.25) is 5.91 Å². The van der Waals surface area contributed by atoms with Gasteiger partial charge < -0.3 is 5.32 Å². The van der Waals surface area contributed by atoms with Gasteiger partial charge in [-0.3, -0.25) is 4.79 Å². The second kappa shape index (κ2) is 4.97. The smallest absolute Gasteiger partial charge is 0.233 e. The molecule has 0 saturated carbocycles. The molecule has 7 heteroatoms. The van der Waals surface area contributed by atoms with E-state index < -0.39 is 0 Å². The minimum absolute atomic E-state index is 0.127. The summed E-state index contributed by atoms with van der Waals surface area (Å²) in [6.45, 7) is 3.56. The van der Waals surface area contributed by atoms with Gasteiger partial charge in [-0.15, -0.1) is 11.3 Å². The van der Waals surface area contributed by atoms with Crippen LogP contribution in [-0.4, -0.2) is 16.2 Å². The Morgan fingerprint density at radius 1 is 1.53 bits per heavy atom. The molecular weight excluding hydrogens is 306 g/mol. The van der Waals surface area contributed by atoms with Crippen molar-refractivity contribution >= 4 is 39.0 Å². The van der Waals surface area contributed by atoms with E-state index in [1.54, 1.807) is 6.92 Å². The van der Waals surface area contributed by atoms with Crippen LogP contribution in [-0.2, 0) is 4.79 Å². The van der Waals surface area contributed by atoms with E-state index in [-0.39, 0.29) is 11.8 Å². The number of thiophene rings is 1. The largest absolute Gasteiger partial charge is 0.306 e. The van der Waals surface area contributed by atoms with Crippen molar-refractivity contribution in [2.75, 3.05) is 5.32 Å². The van der Waals surface area contributed by atoms with E-state index in [0.717, 1.165) is 8.66 Å². The fourth-order valence-electron chi connectivity index (χ4n) is 1.26. The summed E-state index contributed by atoms with van der Waals surface area (Å²) in [6, 6.07) is 3.85. The molecule has 2 rings (SSSR count). The molecule has 5 nitrogen and oxygen atoms in total. The van der Waals surface area contributed by atoms with Gasteiger partial charge in [-0.05, 0) is 47.1 Å². The van der Waals surface area contributed by atoms with Crippen molar-refractivity contribution in [2.45, 2.75) is 19.8 Å². The van der Waals surface area contributed by atoms with E-state index in [9.17, 15) is 4.79 Å². The number of carbonyl (C=O) groups excluding carboxylic acids is 1. The van der Waals surface area contributed by atoms with E-state index in [2.05, 4.69) is 36.2 Å². The first-order valence-electron chi connectivity index (χ1n) is 4.93. The number of aromatic nitrogens is 2. The molecule has 0 spiro atoms. The summed E-state index contributed by atoms with van der Waals surface area (Å²) in [7, 11) is 0. The molecule has 0 aliphatic rings. The lowest BCUT2D eigenvalue weighted by Gasteiger charge is -2.08. The minimum atomic E-state index is -0.234. The van der Waals surface area contributed by atoms with E-state index in [1.165, 1.54) is 11.3 Å². The molecule has 0 aromatic carbocycles. The van der Waals surface area contributed by atoms with E-state index in [1.807, 2.05) is 19.1 Å². The third kappa shape index (κ3) is 2.73. The van der Waals surface area contributed by atoms with Gasteiger partial charge in [-0.1, -0.05) is 5.16 Å². The fourth-order valence-corrected chi connectivity index (χ4v) is 2.73. The van der Waals surface area contributed by atoms with E-state index >= 15 is 0 Å². The lowest BCUT2D eigenvalue weighted by Crippen LogP contribution is -2.18. The van der Waals surface area contributed by atoms with Crippen molar-refractivity contribution in [3.63, 3.8) is 0 Å².